The van der Waals surface area contributed by atoms with Crippen molar-refractivity contribution in [3.63, 3.8) is 0 Å². The number of benzene rings is 1. The molecule has 2 heterocycles. The van der Waals surface area contributed by atoms with Crippen molar-refractivity contribution in [2.45, 2.75) is 45.7 Å². The molecule has 1 aliphatic heterocycles. The summed E-state index contributed by atoms with van der Waals surface area (Å²) in [4.78, 5) is 6.65. The number of phenolic OH excluding ortho intramolecular Hbond substituents is 1. The molecule has 0 saturated carbocycles. The largest absolute Gasteiger partial charge is 0.507 e. The van der Waals surface area contributed by atoms with E-state index in [-0.39, 0.29) is 24.4 Å². The standard InChI is InChI=1S/C19H27N5O2/c1-12-7-13(2)18(17(26)8-12)16-9-20-19(23-22-16)21-15-5-4-6-24(10-15)14(3)11-25/h7-9,14-15,25-26H,4-6,10-11H2,1-3H3,(H,20,21,23)/t14?,15-/m1/s1. The van der Waals surface area contributed by atoms with Gasteiger partial charge in [-0.1, -0.05) is 6.07 Å². The molecule has 0 aliphatic carbocycles. The van der Waals surface area contributed by atoms with E-state index < -0.39 is 0 Å². The summed E-state index contributed by atoms with van der Waals surface area (Å²) in [5.41, 5.74) is 3.18. The summed E-state index contributed by atoms with van der Waals surface area (Å²) in [6.07, 6.45) is 3.76. The lowest BCUT2D eigenvalue weighted by Gasteiger charge is -2.36. The van der Waals surface area contributed by atoms with Gasteiger partial charge in [0.05, 0.1) is 12.8 Å². The maximum absolute atomic E-state index is 10.2. The van der Waals surface area contributed by atoms with Crippen molar-refractivity contribution in [2.24, 2.45) is 0 Å². The fraction of sp³-hybridized carbons (Fsp3) is 0.526. The van der Waals surface area contributed by atoms with Gasteiger partial charge in [-0.05, 0) is 57.4 Å². The van der Waals surface area contributed by atoms with E-state index >= 15 is 0 Å². The Balaban J connectivity index is 1.71. The molecule has 26 heavy (non-hydrogen) atoms. The van der Waals surface area contributed by atoms with Gasteiger partial charge in [-0.2, -0.15) is 0 Å². The average Bonchev–Trinajstić information content (AvgIpc) is 2.62. The van der Waals surface area contributed by atoms with Crippen LogP contribution < -0.4 is 5.32 Å². The molecule has 1 aromatic heterocycles. The average molecular weight is 357 g/mol. The number of aromatic hydroxyl groups is 1. The summed E-state index contributed by atoms with van der Waals surface area (Å²) in [5, 5.41) is 31.3. The second-order valence-corrected chi connectivity index (χ2v) is 7.15. The van der Waals surface area contributed by atoms with E-state index in [0.717, 1.165) is 37.1 Å². The van der Waals surface area contributed by atoms with Crippen molar-refractivity contribution in [3.8, 4) is 17.0 Å². The lowest BCUT2D eigenvalue weighted by Crippen LogP contribution is -2.47. The summed E-state index contributed by atoms with van der Waals surface area (Å²) in [7, 11) is 0. The number of nitrogens with one attached hydrogen (secondary N) is 1. The van der Waals surface area contributed by atoms with Crippen molar-refractivity contribution in [3.05, 3.63) is 29.5 Å². The minimum absolute atomic E-state index is 0.161. The number of phenols is 1. The maximum Gasteiger partial charge on any atom is 0.242 e. The minimum Gasteiger partial charge on any atom is -0.507 e. The highest BCUT2D eigenvalue weighted by molar-refractivity contribution is 5.70. The molecule has 1 fully saturated rings. The molecule has 3 N–H and O–H groups in total. The highest BCUT2D eigenvalue weighted by Gasteiger charge is 2.23. The van der Waals surface area contributed by atoms with Crippen molar-refractivity contribution < 1.29 is 10.2 Å². The normalized spacial score (nSPS) is 19.3. The fourth-order valence-corrected chi connectivity index (χ4v) is 3.56. The topological polar surface area (TPSA) is 94.4 Å². The molecule has 2 atom stereocenters. The number of piperidine rings is 1. The molecule has 0 radical (unpaired) electrons. The highest BCUT2D eigenvalue weighted by Crippen LogP contribution is 2.31. The van der Waals surface area contributed by atoms with E-state index in [1.165, 1.54) is 0 Å². The first-order valence-electron chi connectivity index (χ1n) is 9.09. The summed E-state index contributed by atoms with van der Waals surface area (Å²) >= 11 is 0. The SMILES string of the molecule is Cc1cc(C)c(-c2cnc(N[C@@H]3CCCN(C(C)CO)C3)nn2)c(O)c1. The van der Waals surface area contributed by atoms with Crippen LogP contribution in [-0.4, -0.2) is 62.1 Å². The zero-order valence-corrected chi connectivity index (χ0v) is 15.6. The van der Waals surface area contributed by atoms with Crippen molar-refractivity contribution >= 4 is 5.95 Å². The van der Waals surface area contributed by atoms with Gasteiger partial charge in [0.25, 0.3) is 0 Å². The number of anilines is 1. The number of nitrogens with zero attached hydrogens (tertiary/aromatic N) is 4. The third-order valence-corrected chi connectivity index (χ3v) is 4.95. The van der Waals surface area contributed by atoms with Crippen LogP contribution in [-0.2, 0) is 0 Å². The lowest BCUT2D eigenvalue weighted by molar-refractivity contribution is 0.110. The zero-order valence-electron chi connectivity index (χ0n) is 15.6. The predicted molar refractivity (Wildman–Crippen MR) is 101 cm³/mol. The summed E-state index contributed by atoms with van der Waals surface area (Å²) in [5.74, 6) is 0.682. The number of likely N-dealkylation sites (tertiary alicyclic amines) is 1. The van der Waals surface area contributed by atoms with Gasteiger partial charge >= 0.3 is 0 Å². The first kappa shape index (κ1) is 18.5. The summed E-state index contributed by atoms with van der Waals surface area (Å²) in [6.45, 7) is 7.94. The quantitative estimate of drug-likeness (QED) is 0.754. The molecule has 1 aliphatic rings. The van der Waals surface area contributed by atoms with Crippen LogP contribution in [0.1, 0.15) is 30.9 Å². The first-order valence-corrected chi connectivity index (χ1v) is 9.09. The number of rotatable bonds is 5. The Kier molecular flexibility index (Phi) is 5.68. The Hall–Kier alpha value is -2.25. The van der Waals surface area contributed by atoms with Gasteiger partial charge in [0, 0.05) is 24.2 Å². The molecular formula is C19H27N5O2. The van der Waals surface area contributed by atoms with Crippen LogP contribution in [0, 0.1) is 13.8 Å². The predicted octanol–water partition coefficient (Wildman–Crippen LogP) is 2.12. The highest BCUT2D eigenvalue weighted by atomic mass is 16.3. The Morgan fingerprint density at radius 3 is 2.77 bits per heavy atom. The van der Waals surface area contributed by atoms with Gasteiger partial charge in [-0.25, -0.2) is 4.98 Å². The lowest BCUT2D eigenvalue weighted by atomic mass is 10.0. The molecule has 0 spiro atoms. The first-order chi connectivity index (χ1) is 12.5. The van der Waals surface area contributed by atoms with E-state index in [1.54, 1.807) is 12.3 Å². The van der Waals surface area contributed by atoms with Gasteiger partial charge in [0.15, 0.2) is 0 Å². The fourth-order valence-electron chi connectivity index (χ4n) is 3.56. The van der Waals surface area contributed by atoms with Gasteiger partial charge in [-0.3, -0.25) is 4.90 Å². The monoisotopic (exact) mass is 357 g/mol. The molecule has 1 aromatic carbocycles. The molecule has 2 aromatic rings. The van der Waals surface area contributed by atoms with Crippen molar-refractivity contribution in [1.29, 1.82) is 0 Å². The molecule has 3 rings (SSSR count). The molecule has 7 heteroatoms. The number of hydrogen-bond donors (Lipinski definition) is 3. The number of aryl methyl sites for hydroxylation is 2. The number of hydrogen-bond acceptors (Lipinski definition) is 7. The third-order valence-electron chi connectivity index (χ3n) is 4.95. The van der Waals surface area contributed by atoms with E-state index in [4.69, 9.17) is 0 Å². The third kappa shape index (κ3) is 4.11. The van der Waals surface area contributed by atoms with E-state index in [9.17, 15) is 10.2 Å². The second kappa shape index (κ2) is 7.97. The van der Waals surface area contributed by atoms with Crippen LogP contribution in [0.3, 0.4) is 0 Å². The Bertz CT molecular complexity index is 727. The van der Waals surface area contributed by atoms with Crippen molar-refractivity contribution in [2.75, 3.05) is 25.0 Å². The van der Waals surface area contributed by atoms with Crippen LogP contribution in [0.25, 0.3) is 11.3 Å². The molecule has 1 saturated heterocycles. The smallest absolute Gasteiger partial charge is 0.242 e. The number of aromatic nitrogens is 3. The van der Waals surface area contributed by atoms with Crippen molar-refractivity contribution in [1.82, 2.24) is 20.1 Å². The number of aliphatic hydroxyl groups is 1. The number of aliphatic hydroxyl groups excluding tert-OH is 1. The summed E-state index contributed by atoms with van der Waals surface area (Å²) < 4.78 is 0. The maximum atomic E-state index is 10.2. The molecule has 0 amide bonds. The van der Waals surface area contributed by atoms with E-state index in [0.29, 0.717) is 17.2 Å². The van der Waals surface area contributed by atoms with Gasteiger partial charge in [0.2, 0.25) is 5.95 Å². The molecule has 140 valence electrons. The second-order valence-electron chi connectivity index (χ2n) is 7.15. The molecule has 7 nitrogen and oxygen atoms in total. The Labute approximate surface area is 154 Å². The molecule has 1 unspecified atom stereocenters. The van der Waals surface area contributed by atoms with Crippen LogP contribution in [0.15, 0.2) is 18.3 Å². The van der Waals surface area contributed by atoms with Crippen LogP contribution in [0.4, 0.5) is 5.95 Å². The van der Waals surface area contributed by atoms with E-state index in [1.807, 2.05) is 26.8 Å². The van der Waals surface area contributed by atoms with Crippen LogP contribution in [0.2, 0.25) is 0 Å². The zero-order chi connectivity index (χ0) is 18.7. The summed E-state index contributed by atoms with van der Waals surface area (Å²) in [6, 6.07) is 4.12. The van der Waals surface area contributed by atoms with Gasteiger partial charge in [-0.15, -0.1) is 10.2 Å². The molecular weight excluding hydrogens is 330 g/mol. The minimum atomic E-state index is 0.161. The van der Waals surface area contributed by atoms with Gasteiger partial charge in [0.1, 0.15) is 11.4 Å². The van der Waals surface area contributed by atoms with Gasteiger partial charge < -0.3 is 15.5 Å². The Morgan fingerprint density at radius 2 is 2.12 bits per heavy atom. The van der Waals surface area contributed by atoms with Crippen LogP contribution in [0.5, 0.6) is 5.75 Å². The van der Waals surface area contributed by atoms with Crippen LogP contribution >= 0.6 is 0 Å². The van der Waals surface area contributed by atoms with E-state index in [2.05, 4.69) is 25.4 Å². The molecule has 0 bridgehead atoms. The Morgan fingerprint density at radius 1 is 1.31 bits per heavy atom.